The molecule has 0 unspecified atom stereocenters. The second kappa shape index (κ2) is 5.45. The lowest BCUT2D eigenvalue weighted by Gasteiger charge is -2.02. The first-order chi connectivity index (χ1) is 9.85. The zero-order valence-corrected chi connectivity index (χ0v) is 10.8. The Hall–Kier alpha value is -2.80. The Balaban J connectivity index is 1.77. The van der Waals surface area contributed by atoms with Crippen LogP contribution in [0, 0.1) is 11.3 Å². The largest absolute Gasteiger partial charge is 0.486 e. The highest BCUT2D eigenvalue weighted by atomic mass is 16.5. The first-order valence-corrected chi connectivity index (χ1v) is 6.37. The van der Waals surface area contributed by atoms with Gasteiger partial charge in [0, 0.05) is 0 Å². The van der Waals surface area contributed by atoms with Gasteiger partial charge in [-0.15, -0.1) is 0 Å². The second-order valence-corrected chi connectivity index (χ2v) is 4.47. The minimum atomic E-state index is 0.395. The molecule has 0 atom stereocenters. The molecule has 1 aromatic heterocycles. The van der Waals surface area contributed by atoms with E-state index in [1.807, 2.05) is 48.5 Å². The highest BCUT2D eigenvalue weighted by molar-refractivity contribution is 5.75. The molecule has 0 aliphatic carbocycles. The van der Waals surface area contributed by atoms with Crippen LogP contribution in [0.15, 0.2) is 48.5 Å². The lowest BCUT2D eigenvalue weighted by Crippen LogP contribution is -1.96. The minimum absolute atomic E-state index is 0.395. The van der Waals surface area contributed by atoms with Gasteiger partial charge in [0.05, 0.1) is 23.5 Å². The van der Waals surface area contributed by atoms with Gasteiger partial charge in [0.2, 0.25) is 0 Å². The third-order valence-corrected chi connectivity index (χ3v) is 3.00. The van der Waals surface area contributed by atoms with Gasteiger partial charge in [0.1, 0.15) is 18.2 Å². The fraction of sp³-hybridized carbons (Fsp3) is 0.125. The summed E-state index contributed by atoms with van der Waals surface area (Å²) in [6, 6.07) is 17.6. The van der Waals surface area contributed by atoms with Crippen molar-refractivity contribution in [3.05, 3.63) is 59.9 Å². The molecule has 3 aromatic rings. The number of benzene rings is 2. The van der Waals surface area contributed by atoms with Crippen LogP contribution in [0.5, 0.6) is 5.75 Å². The molecule has 98 valence electrons. The Morgan fingerprint density at radius 1 is 1.15 bits per heavy atom. The number of nitrogens with zero attached hydrogens (tertiary/aromatic N) is 2. The van der Waals surface area contributed by atoms with Crippen molar-refractivity contribution in [1.29, 1.82) is 5.26 Å². The molecule has 0 spiro atoms. The van der Waals surface area contributed by atoms with Gasteiger partial charge in [-0.05, 0) is 29.8 Å². The quantitative estimate of drug-likeness (QED) is 0.786. The van der Waals surface area contributed by atoms with Gasteiger partial charge in [0.25, 0.3) is 0 Å². The monoisotopic (exact) mass is 263 g/mol. The highest BCUT2D eigenvalue weighted by Gasteiger charge is 2.04. The molecule has 0 aliphatic rings. The number of nitriles is 1. The van der Waals surface area contributed by atoms with Crippen molar-refractivity contribution < 1.29 is 4.74 Å². The molecule has 0 saturated carbocycles. The summed E-state index contributed by atoms with van der Waals surface area (Å²) in [5.74, 6) is 1.59. The number of imidazole rings is 1. The number of H-pyrrole nitrogens is 1. The smallest absolute Gasteiger partial charge is 0.146 e. The summed E-state index contributed by atoms with van der Waals surface area (Å²) in [6.07, 6.45) is 0.408. The zero-order chi connectivity index (χ0) is 13.8. The van der Waals surface area contributed by atoms with E-state index in [1.165, 1.54) is 0 Å². The van der Waals surface area contributed by atoms with Crippen molar-refractivity contribution in [3.63, 3.8) is 0 Å². The van der Waals surface area contributed by atoms with Gasteiger partial charge in [-0.2, -0.15) is 5.26 Å². The maximum Gasteiger partial charge on any atom is 0.146 e. The molecular weight excluding hydrogens is 250 g/mol. The Bertz CT molecular complexity index is 756. The van der Waals surface area contributed by atoms with Crippen LogP contribution < -0.4 is 4.74 Å². The standard InChI is InChI=1S/C16H13N3O/c17-9-8-12-6-7-14-15(10-12)19-16(18-14)11-20-13-4-2-1-3-5-13/h1-7,10H,8,11H2,(H,18,19). The topological polar surface area (TPSA) is 61.7 Å². The molecule has 1 heterocycles. The number of fused-ring (bicyclic) bond motifs is 1. The number of nitrogens with one attached hydrogen (secondary N) is 1. The second-order valence-electron chi connectivity index (χ2n) is 4.47. The minimum Gasteiger partial charge on any atom is -0.486 e. The number of aromatic nitrogens is 2. The average Bonchev–Trinajstić information content (AvgIpc) is 2.89. The van der Waals surface area contributed by atoms with Crippen LogP contribution in [0.4, 0.5) is 0 Å². The third-order valence-electron chi connectivity index (χ3n) is 3.00. The van der Waals surface area contributed by atoms with Crippen LogP contribution in [0.25, 0.3) is 11.0 Å². The van der Waals surface area contributed by atoms with E-state index in [-0.39, 0.29) is 0 Å². The van der Waals surface area contributed by atoms with Gasteiger partial charge in [-0.3, -0.25) is 0 Å². The molecule has 0 amide bonds. The first kappa shape index (κ1) is 12.2. The summed E-state index contributed by atoms with van der Waals surface area (Å²) < 4.78 is 5.65. The van der Waals surface area contributed by atoms with Crippen molar-refractivity contribution in [1.82, 2.24) is 9.97 Å². The number of ether oxygens (including phenoxy) is 1. The Labute approximate surface area is 116 Å². The van der Waals surface area contributed by atoms with Crippen molar-refractivity contribution in [2.24, 2.45) is 0 Å². The highest BCUT2D eigenvalue weighted by Crippen LogP contribution is 2.16. The van der Waals surface area contributed by atoms with E-state index in [4.69, 9.17) is 10.00 Å². The maximum absolute atomic E-state index is 8.71. The fourth-order valence-corrected chi connectivity index (χ4v) is 2.05. The fourth-order valence-electron chi connectivity index (χ4n) is 2.05. The van der Waals surface area contributed by atoms with Crippen LogP contribution in [-0.2, 0) is 13.0 Å². The van der Waals surface area contributed by atoms with E-state index < -0.39 is 0 Å². The van der Waals surface area contributed by atoms with Crippen LogP contribution in [-0.4, -0.2) is 9.97 Å². The summed E-state index contributed by atoms with van der Waals surface area (Å²) in [7, 11) is 0. The van der Waals surface area contributed by atoms with E-state index in [1.54, 1.807) is 0 Å². The Morgan fingerprint density at radius 2 is 2.00 bits per heavy atom. The number of hydrogen-bond donors (Lipinski definition) is 1. The van der Waals surface area contributed by atoms with Crippen LogP contribution in [0.2, 0.25) is 0 Å². The molecular formula is C16H13N3O. The van der Waals surface area contributed by atoms with E-state index in [0.717, 1.165) is 28.2 Å². The normalized spacial score (nSPS) is 10.3. The van der Waals surface area contributed by atoms with Crippen molar-refractivity contribution in [3.8, 4) is 11.8 Å². The number of para-hydroxylation sites is 1. The molecule has 3 rings (SSSR count). The van der Waals surface area contributed by atoms with Crippen molar-refractivity contribution in [2.45, 2.75) is 13.0 Å². The van der Waals surface area contributed by atoms with Gasteiger partial charge in [0.15, 0.2) is 0 Å². The molecule has 1 N–H and O–H groups in total. The molecule has 0 radical (unpaired) electrons. The van der Waals surface area contributed by atoms with Crippen molar-refractivity contribution >= 4 is 11.0 Å². The lowest BCUT2D eigenvalue weighted by molar-refractivity contribution is 0.297. The van der Waals surface area contributed by atoms with E-state index >= 15 is 0 Å². The molecule has 0 saturated heterocycles. The third kappa shape index (κ3) is 2.62. The predicted molar refractivity (Wildman–Crippen MR) is 76.2 cm³/mol. The summed E-state index contributed by atoms with van der Waals surface area (Å²) >= 11 is 0. The molecule has 0 bridgehead atoms. The number of rotatable bonds is 4. The molecule has 0 aliphatic heterocycles. The Kier molecular flexibility index (Phi) is 3.34. The molecule has 0 fully saturated rings. The molecule has 4 heteroatoms. The summed E-state index contributed by atoms with van der Waals surface area (Å²) in [5.41, 5.74) is 2.81. The summed E-state index contributed by atoms with van der Waals surface area (Å²) in [4.78, 5) is 7.68. The van der Waals surface area contributed by atoms with E-state index in [0.29, 0.717) is 13.0 Å². The van der Waals surface area contributed by atoms with Crippen molar-refractivity contribution in [2.75, 3.05) is 0 Å². The SMILES string of the molecule is N#CCc1ccc2nc(COc3ccccc3)[nH]c2c1. The van der Waals surface area contributed by atoms with Gasteiger partial charge in [-0.25, -0.2) is 4.98 Å². The molecule has 20 heavy (non-hydrogen) atoms. The summed E-state index contributed by atoms with van der Waals surface area (Å²) in [6.45, 7) is 0.395. The molecule has 4 nitrogen and oxygen atoms in total. The van der Waals surface area contributed by atoms with Crippen LogP contribution in [0.3, 0.4) is 0 Å². The van der Waals surface area contributed by atoms with E-state index in [2.05, 4.69) is 16.0 Å². The van der Waals surface area contributed by atoms with Gasteiger partial charge in [-0.1, -0.05) is 24.3 Å². The average molecular weight is 263 g/mol. The van der Waals surface area contributed by atoms with Gasteiger partial charge >= 0.3 is 0 Å². The Morgan fingerprint density at radius 3 is 2.80 bits per heavy atom. The van der Waals surface area contributed by atoms with Crippen LogP contribution in [0.1, 0.15) is 11.4 Å². The molecule has 2 aromatic carbocycles. The number of hydrogen-bond acceptors (Lipinski definition) is 3. The maximum atomic E-state index is 8.71. The van der Waals surface area contributed by atoms with Gasteiger partial charge < -0.3 is 9.72 Å². The predicted octanol–water partition coefficient (Wildman–Crippen LogP) is 3.21. The summed E-state index contributed by atoms with van der Waals surface area (Å²) in [5, 5.41) is 8.71. The van der Waals surface area contributed by atoms with E-state index in [9.17, 15) is 0 Å². The number of aromatic amines is 1. The lowest BCUT2D eigenvalue weighted by atomic mass is 10.1. The first-order valence-electron chi connectivity index (χ1n) is 6.37. The zero-order valence-electron chi connectivity index (χ0n) is 10.8. The van der Waals surface area contributed by atoms with Crippen LogP contribution >= 0.6 is 0 Å².